The van der Waals surface area contributed by atoms with Crippen molar-refractivity contribution in [3.63, 3.8) is 0 Å². The molecule has 148 valence electrons. The Morgan fingerprint density at radius 2 is 1.96 bits per heavy atom. The number of nitrogens with zero attached hydrogens (tertiary/aromatic N) is 1. The van der Waals surface area contributed by atoms with Crippen LogP contribution >= 0.6 is 11.6 Å². The zero-order valence-electron chi connectivity index (χ0n) is 15.5. The van der Waals surface area contributed by atoms with Gasteiger partial charge in [-0.05, 0) is 43.0 Å². The van der Waals surface area contributed by atoms with Gasteiger partial charge in [0.25, 0.3) is 5.91 Å². The molecule has 1 heterocycles. The highest BCUT2D eigenvalue weighted by atomic mass is 35.5. The molecule has 28 heavy (non-hydrogen) atoms. The average Bonchev–Trinajstić information content (AvgIpc) is 2.58. The number of amides is 1. The predicted molar refractivity (Wildman–Crippen MR) is 110 cm³/mol. The number of nitrogens with two attached hydrogens (primary N) is 1. The molecule has 1 aliphatic heterocycles. The van der Waals surface area contributed by atoms with E-state index in [0.717, 1.165) is 30.5 Å². The number of sulfonamides is 1. The van der Waals surface area contributed by atoms with Crippen molar-refractivity contribution < 1.29 is 13.2 Å². The van der Waals surface area contributed by atoms with E-state index in [9.17, 15) is 13.2 Å². The maximum atomic E-state index is 13.5. The molecule has 0 spiro atoms. The molecular formula is C20H22ClN3O3S. The highest BCUT2D eigenvalue weighted by Crippen LogP contribution is 2.39. The zero-order valence-corrected chi connectivity index (χ0v) is 17.1. The standard InChI is InChI=1S/C20H22ClN3O3S/c1-12-5-2-3-8-17(12)24-19(9-13-6-4-7-13)23-16-11-15(21)18(28(22,26)27)10-14(16)20(24)25/h2-3,5,8,10-11,13,19,23H,4,6-7,9H2,1H3,(H2,22,26,27). The summed E-state index contributed by atoms with van der Waals surface area (Å²) in [6.07, 6.45) is 4.14. The average molecular weight is 420 g/mol. The van der Waals surface area contributed by atoms with Crippen LogP contribution in [-0.2, 0) is 10.0 Å². The van der Waals surface area contributed by atoms with E-state index >= 15 is 0 Å². The number of nitrogens with one attached hydrogen (secondary N) is 1. The molecular weight excluding hydrogens is 398 g/mol. The smallest absolute Gasteiger partial charge is 0.262 e. The maximum Gasteiger partial charge on any atom is 0.262 e. The van der Waals surface area contributed by atoms with Gasteiger partial charge in [0.15, 0.2) is 0 Å². The summed E-state index contributed by atoms with van der Waals surface area (Å²) in [6, 6.07) is 10.4. The largest absolute Gasteiger partial charge is 0.364 e. The van der Waals surface area contributed by atoms with Crippen molar-refractivity contribution in [2.24, 2.45) is 11.1 Å². The molecule has 3 N–H and O–H groups in total. The van der Waals surface area contributed by atoms with Gasteiger partial charge in [-0.2, -0.15) is 0 Å². The van der Waals surface area contributed by atoms with Gasteiger partial charge in [-0.1, -0.05) is 49.1 Å². The fourth-order valence-corrected chi connectivity index (χ4v) is 5.00. The molecule has 6 nitrogen and oxygen atoms in total. The molecule has 8 heteroatoms. The van der Waals surface area contributed by atoms with Crippen LogP contribution in [0, 0.1) is 12.8 Å². The lowest BCUT2D eigenvalue weighted by atomic mass is 9.81. The van der Waals surface area contributed by atoms with Crippen LogP contribution in [0.25, 0.3) is 0 Å². The molecule has 1 aliphatic carbocycles. The third-order valence-electron chi connectivity index (χ3n) is 5.62. The van der Waals surface area contributed by atoms with Crippen molar-refractivity contribution >= 4 is 38.9 Å². The molecule has 1 unspecified atom stereocenters. The summed E-state index contributed by atoms with van der Waals surface area (Å²) in [7, 11) is -4.04. The minimum atomic E-state index is -4.04. The van der Waals surface area contributed by atoms with Crippen LogP contribution in [0.3, 0.4) is 0 Å². The quantitative estimate of drug-likeness (QED) is 0.786. The Kier molecular flexibility index (Phi) is 4.85. The number of primary sulfonamides is 1. The van der Waals surface area contributed by atoms with Crippen LogP contribution in [0.1, 0.15) is 41.6 Å². The SMILES string of the molecule is Cc1ccccc1N1C(=O)c2cc(S(N)(=O)=O)c(Cl)cc2NC1CC1CCC1. The lowest BCUT2D eigenvalue weighted by Crippen LogP contribution is -2.50. The van der Waals surface area contributed by atoms with Gasteiger partial charge in [-0.3, -0.25) is 9.69 Å². The van der Waals surface area contributed by atoms with E-state index in [1.165, 1.54) is 18.6 Å². The molecule has 1 atom stereocenters. The van der Waals surface area contributed by atoms with Gasteiger partial charge >= 0.3 is 0 Å². The molecule has 1 fully saturated rings. The summed E-state index contributed by atoms with van der Waals surface area (Å²) >= 11 is 6.14. The Labute approximate surface area is 169 Å². The fraction of sp³-hybridized carbons (Fsp3) is 0.350. The highest BCUT2D eigenvalue weighted by molar-refractivity contribution is 7.89. The van der Waals surface area contributed by atoms with E-state index in [1.807, 2.05) is 31.2 Å². The molecule has 0 saturated heterocycles. The number of carbonyl (C=O) groups excluding carboxylic acids is 1. The first-order chi connectivity index (χ1) is 13.3. The number of hydrogen-bond acceptors (Lipinski definition) is 4. The maximum absolute atomic E-state index is 13.5. The minimum Gasteiger partial charge on any atom is -0.364 e. The molecule has 2 aromatic rings. The van der Waals surface area contributed by atoms with E-state index in [4.69, 9.17) is 16.7 Å². The van der Waals surface area contributed by atoms with Gasteiger partial charge < -0.3 is 5.32 Å². The number of hydrogen-bond donors (Lipinski definition) is 2. The summed E-state index contributed by atoms with van der Waals surface area (Å²) < 4.78 is 23.7. The normalized spacial score (nSPS) is 19.8. The van der Waals surface area contributed by atoms with Crippen LogP contribution < -0.4 is 15.4 Å². The van der Waals surface area contributed by atoms with Crippen LogP contribution in [0.2, 0.25) is 5.02 Å². The number of halogens is 1. The van der Waals surface area contributed by atoms with Crippen LogP contribution in [0.4, 0.5) is 11.4 Å². The van der Waals surface area contributed by atoms with Crippen LogP contribution in [0.15, 0.2) is 41.3 Å². The molecule has 0 bridgehead atoms. The first kappa shape index (κ1) is 19.2. The summed E-state index contributed by atoms with van der Waals surface area (Å²) in [5.74, 6) is 0.312. The van der Waals surface area contributed by atoms with Gasteiger partial charge in [0.05, 0.1) is 16.3 Å². The Balaban J connectivity index is 1.83. The minimum absolute atomic E-state index is 0.00767. The van der Waals surface area contributed by atoms with Crippen molar-refractivity contribution in [2.45, 2.75) is 43.7 Å². The molecule has 2 aliphatic rings. The van der Waals surface area contributed by atoms with E-state index in [-0.39, 0.29) is 27.6 Å². The summed E-state index contributed by atoms with van der Waals surface area (Å²) in [4.78, 5) is 15.0. The van der Waals surface area contributed by atoms with E-state index in [0.29, 0.717) is 11.6 Å². The van der Waals surface area contributed by atoms with Crippen LogP contribution in [0.5, 0.6) is 0 Å². The van der Waals surface area contributed by atoms with E-state index in [1.54, 1.807) is 4.90 Å². The first-order valence-electron chi connectivity index (χ1n) is 9.28. The second kappa shape index (κ2) is 7.06. The van der Waals surface area contributed by atoms with Crippen molar-refractivity contribution in [3.8, 4) is 0 Å². The van der Waals surface area contributed by atoms with Crippen LogP contribution in [-0.4, -0.2) is 20.5 Å². The molecule has 1 amide bonds. The molecule has 1 saturated carbocycles. The van der Waals surface area contributed by atoms with Gasteiger partial charge in [0.2, 0.25) is 10.0 Å². The third-order valence-corrected chi connectivity index (χ3v) is 6.99. The molecule has 0 radical (unpaired) electrons. The monoisotopic (exact) mass is 419 g/mol. The van der Waals surface area contributed by atoms with Gasteiger partial charge in [-0.25, -0.2) is 13.6 Å². The summed E-state index contributed by atoms with van der Waals surface area (Å²) in [6.45, 7) is 1.95. The third kappa shape index (κ3) is 3.38. The Morgan fingerprint density at radius 3 is 2.57 bits per heavy atom. The lowest BCUT2D eigenvalue weighted by molar-refractivity contribution is 0.0968. The summed E-state index contributed by atoms with van der Waals surface area (Å²) in [5.41, 5.74) is 2.57. The Hall–Kier alpha value is -2.09. The number of anilines is 2. The Morgan fingerprint density at radius 1 is 1.25 bits per heavy atom. The van der Waals surface area contributed by atoms with Crippen molar-refractivity contribution in [1.29, 1.82) is 0 Å². The fourth-order valence-electron chi connectivity index (χ4n) is 3.90. The second-order valence-corrected chi connectivity index (χ2v) is 9.46. The van der Waals surface area contributed by atoms with E-state index < -0.39 is 10.0 Å². The summed E-state index contributed by atoms with van der Waals surface area (Å²) in [5, 5.41) is 8.68. The van der Waals surface area contributed by atoms with Crippen molar-refractivity contribution in [3.05, 3.63) is 52.5 Å². The Bertz CT molecular complexity index is 1050. The predicted octanol–water partition coefficient (Wildman–Crippen LogP) is 3.88. The zero-order chi connectivity index (χ0) is 20.1. The lowest BCUT2D eigenvalue weighted by Gasteiger charge is -2.41. The number of aryl methyl sites for hydroxylation is 1. The molecule has 4 rings (SSSR count). The second-order valence-electron chi connectivity index (χ2n) is 7.53. The topological polar surface area (TPSA) is 92.5 Å². The number of benzene rings is 2. The van der Waals surface area contributed by atoms with E-state index in [2.05, 4.69) is 5.32 Å². The first-order valence-corrected chi connectivity index (χ1v) is 11.2. The van der Waals surface area contributed by atoms with Gasteiger partial charge in [0, 0.05) is 5.69 Å². The van der Waals surface area contributed by atoms with Crippen molar-refractivity contribution in [2.75, 3.05) is 10.2 Å². The molecule has 2 aromatic carbocycles. The molecule has 0 aromatic heterocycles. The highest BCUT2D eigenvalue weighted by Gasteiger charge is 2.37. The van der Waals surface area contributed by atoms with Crippen molar-refractivity contribution in [1.82, 2.24) is 0 Å². The number of rotatable bonds is 4. The number of fused-ring (bicyclic) bond motifs is 1. The van der Waals surface area contributed by atoms with Gasteiger partial charge in [0.1, 0.15) is 11.1 Å². The number of carbonyl (C=O) groups is 1. The number of para-hydroxylation sites is 1. The van der Waals surface area contributed by atoms with Gasteiger partial charge in [-0.15, -0.1) is 0 Å².